The summed E-state index contributed by atoms with van der Waals surface area (Å²) < 4.78 is 18.1. The summed E-state index contributed by atoms with van der Waals surface area (Å²) in [5.74, 6) is -0.654. The zero-order chi connectivity index (χ0) is 28.9. The Morgan fingerprint density at radius 2 is 1.78 bits per heavy atom. The highest BCUT2D eigenvalue weighted by Crippen LogP contribution is 2.36. The Bertz CT molecular complexity index is 1810. The first-order valence-electron chi connectivity index (χ1n) is 12.8. The number of carbonyl (C=O) groups excluding carboxylic acids is 1. The van der Waals surface area contributed by atoms with E-state index < -0.39 is 24.6 Å². The van der Waals surface area contributed by atoms with E-state index in [0.717, 1.165) is 5.56 Å². The van der Waals surface area contributed by atoms with E-state index in [1.165, 1.54) is 15.9 Å². The van der Waals surface area contributed by atoms with Crippen molar-refractivity contribution in [2.75, 3.05) is 20.3 Å². The van der Waals surface area contributed by atoms with Crippen molar-refractivity contribution in [3.63, 3.8) is 0 Å². The van der Waals surface area contributed by atoms with Gasteiger partial charge in [-0.2, -0.15) is 0 Å². The molecule has 0 amide bonds. The molecule has 0 saturated carbocycles. The van der Waals surface area contributed by atoms with E-state index in [2.05, 4.69) is 0 Å². The minimum Gasteiger partial charge on any atom is -0.497 e. The molecule has 9 nitrogen and oxygen atoms in total. The maximum atomic E-state index is 14.0. The monoisotopic (exact) mass is 570 g/mol. The summed E-state index contributed by atoms with van der Waals surface area (Å²) in [5.41, 5.74) is 2.47. The average molecular weight is 571 g/mol. The van der Waals surface area contributed by atoms with Crippen LogP contribution in [0.15, 0.2) is 94.2 Å². The fraction of sp³-hybridized carbons (Fsp3) is 0.161. The third-order valence-corrected chi connectivity index (χ3v) is 7.31. The molecule has 0 bridgehead atoms. The molecule has 5 rings (SSSR count). The Morgan fingerprint density at radius 3 is 2.46 bits per heavy atom. The van der Waals surface area contributed by atoms with Crippen LogP contribution in [-0.2, 0) is 14.3 Å². The first-order valence-corrected chi connectivity index (χ1v) is 13.6. The number of benzene rings is 3. The lowest BCUT2D eigenvalue weighted by atomic mass is 9.93. The Balaban J connectivity index is 1.72. The predicted octanol–water partition coefficient (Wildman–Crippen LogP) is 3.41. The second-order valence-electron chi connectivity index (χ2n) is 8.96. The van der Waals surface area contributed by atoms with Gasteiger partial charge >= 0.3 is 11.9 Å². The maximum absolute atomic E-state index is 14.0. The van der Waals surface area contributed by atoms with Crippen LogP contribution in [-0.4, -0.2) is 41.9 Å². The number of carboxylic acids is 1. The van der Waals surface area contributed by atoms with Gasteiger partial charge in [-0.1, -0.05) is 65.9 Å². The van der Waals surface area contributed by atoms with Crippen molar-refractivity contribution in [3.05, 3.63) is 121 Å². The average Bonchev–Trinajstić information content (AvgIpc) is 3.30. The van der Waals surface area contributed by atoms with Gasteiger partial charge in [0, 0.05) is 5.56 Å². The number of carbonyl (C=O) groups is 2. The number of hydrogen-bond acceptors (Lipinski definition) is 8. The van der Waals surface area contributed by atoms with Crippen molar-refractivity contribution in [3.8, 4) is 11.5 Å². The van der Waals surface area contributed by atoms with Crippen molar-refractivity contribution < 1.29 is 28.9 Å². The molecule has 2 heterocycles. The Morgan fingerprint density at radius 1 is 1.02 bits per heavy atom. The highest BCUT2D eigenvalue weighted by molar-refractivity contribution is 7.07. The molecule has 41 heavy (non-hydrogen) atoms. The van der Waals surface area contributed by atoms with Crippen LogP contribution >= 0.6 is 11.3 Å². The summed E-state index contributed by atoms with van der Waals surface area (Å²) in [6, 6.07) is 22.5. The second kappa shape index (κ2) is 12.1. The molecule has 0 spiro atoms. The standard InChI is InChI=1S/C31H26N2O7S/c1-3-39-30(37)26-27(20-8-5-4-6-9-20)32-31-33(28(26)21-10-7-11-23(17-21)38-2)29(36)24(41-31)16-19-12-14-22(15-13-19)40-18-25(34)35/h4-17,28H,3,18H2,1-2H3,(H,34,35)/b24-16+/t28-/m0/s1. The number of esters is 1. The smallest absolute Gasteiger partial charge is 0.341 e. The van der Waals surface area contributed by atoms with E-state index in [4.69, 9.17) is 24.3 Å². The minimum absolute atomic E-state index is 0.159. The van der Waals surface area contributed by atoms with Crippen LogP contribution in [0.3, 0.4) is 0 Å². The molecule has 10 heteroatoms. The van der Waals surface area contributed by atoms with Gasteiger partial charge in [-0.15, -0.1) is 0 Å². The topological polar surface area (TPSA) is 116 Å². The van der Waals surface area contributed by atoms with Gasteiger partial charge in [0.1, 0.15) is 11.5 Å². The number of ether oxygens (including phenoxy) is 3. The number of hydrogen-bond donors (Lipinski definition) is 1. The Hall–Kier alpha value is -4.96. The van der Waals surface area contributed by atoms with E-state index in [-0.39, 0.29) is 17.7 Å². The van der Waals surface area contributed by atoms with Crippen molar-refractivity contribution >= 4 is 35.0 Å². The van der Waals surface area contributed by atoms with E-state index in [1.807, 2.05) is 42.5 Å². The van der Waals surface area contributed by atoms with Gasteiger partial charge in [-0.05, 0) is 48.4 Å². The molecule has 4 aromatic rings. The minimum atomic E-state index is -1.07. The quantitative estimate of drug-likeness (QED) is 0.307. The van der Waals surface area contributed by atoms with Crippen LogP contribution in [0.2, 0.25) is 0 Å². The number of methoxy groups -OCH3 is 1. The molecule has 208 valence electrons. The highest BCUT2D eigenvalue weighted by atomic mass is 32.1. The first-order chi connectivity index (χ1) is 19.9. The van der Waals surface area contributed by atoms with Gasteiger partial charge in [-0.25, -0.2) is 14.6 Å². The van der Waals surface area contributed by atoms with Crippen LogP contribution in [0.4, 0.5) is 0 Å². The molecule has 1 atom stereocenters. The molecular formula is C31H26N2O7S. The molecule has 1 aliphatic heterocycles. The summed E-state index contributed by atoms with van der Waals surface area (Å²) in [6.45, 7) is 1.44. The highest BCUT2D eigenvalue weighted by Gasteiger charge is 2.35. The van der Waals surface area contributed by atoms with Gasteiger partial charge in [0.2, 0.25) is 0 Å². The van der Waals surface area contributed by atoms with Gasteiger partial charge in [0.05, 0.1) is 35.6 Å². The lowest BCUT2D eigenvalue weighted by molar-refractivity contribution is -0.140. The molecule has 0 saturated heterocycles. The van der Waals surface area contributed by atoms with E-state index in [0.29, 0.717) is 37.7 Å². The van der Waals surface area contributed by atoms with Crippen LogP contribution in [0.5, 0.6) is 11.5 Å². The SMILES string of the molecule is CCOC(=O)C1=C(c2ccccc2)N=c2s/c(=C/c3ccc(OCC(=O)O)cc3)c(=O)n2[C@H]1c1cccc(OC)c1. The molecule has 0 radical (unpaired) electrons. The van der Waals surface area contributed by atoms with Crippen molar-refractivity contribution in [2.45, 2.75) is 13.0 Å². The maximum Gasteiger partial charge on any atom is 0.341 e. The number of nitrogens with zero attached hydrogens (tertiary/aromatic N) is 2. The summed E-state index contributed by atoms with van der Waals surface area (Å²) in [4.78, 5) is 43.5. The van der Waals surface area contributed by atoms with Gasteiger partial charge in [-0.3, -0.25) is 9.36 Å². The Kier molecular flexibility index (Phi) is 8.11. The summed E-state index contributed by atoms with van der Waals surface area (Å²) in [5, 5.41) is 8.83. The van der Waals surface area contributed by atoms with Crippen LogP contribution in [0.1, 0.15) is 29.7 Å². The fourth-order valence-electron chi connectivity index (χ4n) is 4.52. The van der Waals surface area contributed by atoms with Crippen molar-refractivity contribution in [1.29, 1.82) is 0 Å². The van der Waals surface area contributed by atoms with Gasteiger partial charge < -0.3 is 19.3 Å². The third-order valence-electron chi connectivity index (χ3n) is 6.32. The van der Waals surface area contributed by atoms with Crippen LogP contribution in [0, 0.1) is 0 Å². The molecule has 1 aromatic heterocycles. The predicted molar refractivity (Wildman–Crippen MR) is 154 cm³/mol. The lowest BCUT2D eigenvalue weighted by Gasteiger charge is -2.26. The Labute approximate surface area is 238 Å². The lowest BCUT2D eigenvalue weighted by Crippen LogP contribution is -2.40. The first kappa shape index (κ1) is 27.6. The third kappa shape index (κ3) is 5.82. The molecule has 0 aliphatic carbocycles. The summed E-state index contributed by atoms with van der Waals surface area (Å²) in [7, 11) is 1.56. The molecular weight excluding hydrogens is 544 g/mol. The normalized spacial score (nSPS) is 14.7. The molecule has 1 aliphatic rings. The number of carboxylic acid groups (broad SMARTS) is 1. The summed E-state index contributed by atoms with van der Waals surface area (Å²) >= 11 is 1.21. The van der Waals surface area contributed by atoms with Crippen LogP contribution in [0.25, 0.3) is 11.8 Å². The second-order valence-corrected chi connectivity index (χ2v) is 9.97. The fourth-order valence-corrected chi connectivity index (χ4v) is 5.53. The molecule has 0 unspecified atom stereocenters. The number of aliphatic carboxylic acids is 1. The number of rotatable bonds is 9. The number of fused-ring (bicyclic) bond motifs is 1. The number of thiazole rings is 1. The zero-order valence-corrected chi connectivity index (χ0v) is 23.1. The van der Waals surface area contributed by atoms with Gasteiger partial charge in [0.25, 0.3) is 5.56 Å². The molecule has 1 N–H and O–H groups in total. The van der Waals surface area contributed by atoms with E-state index in [9.17, 15) is 14.4 Å². The van der Waals surface area contributed by atoms with Gasteiger partial charge in [0.15, 0.2) is 11.4 Å². The largest absolute Gasteiger partial charge is 0.497 e. The number of aromatic nitrogens is 1. The summed E-state index contributed by atoms with van der Waals surface area (Å²) in [6.07, 6.45) is 1.73. The van der Waals surface area contributed by atoms with Crippen molar-refractivity contribution in [1.82, 2.24) is 4.57 Å². The van der Waals surface area contributed by atoms with Crippen LogP contribution < -0.4 is 24.4 Å². The van der Waals surface area contributed by atoms with E-state index in [1.54, 1.807) is 56.5 Å². The zero-order valence-electron chi connectivity index (χ0n) is 22.3. The van der Waals surface area contributed by atoms with Crippen molar-refractivity contribution in [2.24, 2.45) is 4.99 Å². The molecule has 0 fully saturated rings. The van der Waals surface area contributed by atoms with E-state index >= 15 is 0 Å². The molecule has 3 aromatic carbocycles.